The number of carbonyl (C=O) groups is 2. The van der Waals surface area contributed by atoms with Gasteiger partial charge in [0.05, 0.1) is 27.6 Å². The molecule has 19 heavy (non-hydrogen) atoms. The molecule has 2 fully saturated rings. The topological polar surface area (TPSA) is 43.9 Å². The molecule has 6 nitrogen and oxygen atoms in total. The Morgan fingerprint density at radius 1 is 1.00 bits per heavy atom. The maximum Gasteiger partial charge on any atom is 0.379 e. The average molecular weight is 269 g/mol. The van der Waals surface area contributed by atoms with Gasteiger partial charge in [-0.05, 0) is 19.3 Å². The number of quaternary nitrogens is 1. The van der Waals surface area contributed by atoms with Crippen molar-refractivity contribution in [3.05, 3.63) is 0 Å². The Bertz CT molecular complexity index is 364. The summed E-state index contributed by atoms with van der Waals surface area (Å²) >= 11 is 0. The summed E-state index contributed by atoms with van der Waals surface area (Å²) < 4.78 is 0.00315. The van der Waals surface area contributed by atoms with Crippen LogP contribution in [-0.4, -0.2) is 71.8 Å². The summed E-state index contributed by atoms with van der Waals surface area (Å²) in [5, 5.41) is 5.66. The number of hydrazine groups is 1. The molecule has 0 N–H and O–H groups in total. The molecule has 108 valence electrons. The van der Waals surface area contributed by atoms with Gasteiger partial charge in [0, 0.05) is 19.6 Å². The number of hydrogen-bond donors (Lipinski definition) is 0. The molecule has 0 unspecified atom stereocenters. The molecule has 3 amide bonds. The predicted octanol–water partition coefficient (Wildman–Crippen LogP) is 1.05. The van der Waals surface area contributed by atoms with E-state index in [2.05, 4.69) is 5.01 Å². The molecule has 2 rings (SSSR count). The van der Waals surface area contributed by atoms with E-state index >= 15 is 0 Å². The third-order valence-corrected chi connectivity index (χ3v) is 4.23. The Morgan fingerprint density at radius 2 is 1.63 bits per heavy atom. The van der Waals surface area contributed by atoms with Crippen molar-refractivity contribution < 1.29 is 14.2 Å². The third kappa shape index (κ3) is 2.74. The highest BCUT2D eigenvalue weighted by Gasteiger charge is 2.42. The van der Waals surface area contributed by atoms with Gasteiger partial charge in [0.15, 0.2) is 0 Å². The van der Waals surface area contributed by atoms with E-state index < -0.39 is 0 Å². The van der Waals surface area contributed by atoms with Crippen LogP contribution in [0, 0.1) is 0 Å². The first-order chi connectivity index (χ1) is 8.94. The lowest BCUT2D eigenvalue weighted by atomic mass is 10.1. The average Bonchev–Trinajstić information content (AvgIpc) is 2.39. The lowest BCUT2D eigenvalue weighted by Gasteiger charge is -2.46. The molecule has 0 spiro atoms. The minimum Gasteiger partial charge on any atom is -0.253 e. The maximum absolute atomic E-state index is 12.6. The summed E-state index contributed by atoms with van der Waals surface area (Å²) in [6.07, 6.45) is 4.46. The van der Waals surface area contributed by atoms with Crippen molar-refractivity contribution in [1.82, 2.24) is 15.0 Å². The first-order valence-corrected chi connectivity index (χ1v) is 7.14. The van der Waals surface area contributed by atoms with Crippen LogP contribution in [0.3, 0.4) is 0 Å². The van der Waals surface area contributed by atoms with Gasteiger partial charge in [-0.25, -0.2) is 14.6 Å². The zero-order chi connectivity index (χ0) is 14.0. The Hall–Kier alpha value is -1.14. The maximum atomic E-state index is 12.6. The number of hydrogen-bond acceptors (Lipinski definition) is 3. The molecule has 2 aliphatic heterocycles. The molecule has 0 aromatic heterocycles. The fraction of sp³-hybridized carbons (Fsp3) is 0.846. The van der Waals surface area contributed by atoms with E-state index in [0.29, 0.717) is 6.54 Å². The molecular weight excluding hydrogens is 244 g/mol. The third-order valence-electron chi connectivity index (χ3n) is 4.23. The van der Waals surface area contributed by atoms with Crippen LogP contribution in [-0.2, 0) is 4.79 Å². The summed E-state index contributed by atoms with van der Waals surface area (Å²) in [7, 11) is 3.56. The molecule has 0 bridgehead atoms. The SMILES string of the molecule is CC(=O)[N+](C)(C)N1CCCN(N2CCCCC2)C1=O. The van der Waals surface area contributed by atoms with E-state index in [9.17, 15) is 9.59 Å². The van der Waals surface area contributed by atoms with Crippen molar-refractivity contribution >= 4 is 11.9 Å². The Kier molecular flexibility index (Phi) is 4.10. The summed E-state index contributed by atoms with van der Waals surface area (Å²) in [6.45, 7) is 4.86. The summed E-state index contributed by atoms with van der Waals surface area (Å²) in [5.74, 6) is -0.0196. The number of piperidine rings is 1. The van der Waals surface area contributed by atoms with Gasteiger partial charge in [0.1, 0.15) is 0 Å². The standard InChI is InChI=1S/C13H25N4O2/c1-12(18)17(2,3)16-11-7-10-15(13(16)19)14-8-5-4-6-9-14/h4-11H2,1-3H3/q+1. The quantitative estimate of drug-likeness (QED) is 0.704. The van der Waals surface area contributed by atoms with Gasteiger partial charge >= 0.3 is 11.9 Å². The molecular formula is C13H25N4O2+. The van der Waals surface area contributed by atoms with Gasteiger partial charge in [-0.3, -0.25) is 5.01 Å². The monoisotopic (exact) mass is 269 g/mol. The van der Waals surface area contributed by atoms with Crippen molar-refractivity contribution in [3.63, 3.8) is 0 Å². The normalized spacial score (nSPS) is 22.8. The lowest BCUT2D eigenvalue weighted by Crippen LogP contribution is -2.67. The van der Waals surface area contributed by atoms with Crippen LogP contribution in [0.15, 0.2) is 0 Å². The first-order valence-electron chi connectivity index (χ1n) is 7.14. The van der Waals surface area contributed by atoms with Gasteiger partial charge in [-0.2, -0.15) is 9.60 Å². The van der Waals surface area contributed by atoms with E-state index in [0.717, 1.165) is 38.9 Å². The minimum atomic E-state index is -0.0339. The van der Waals surface area contributed by atoms with Crippen LogP contribution in [0.25, 0.3) is 0 Å². The van der Waals surface area contributed by atoms with Crippen molar-refractivity contribution in [2.45, 2.75) is 32.6 Å². The lowest BCUT2D eigenvalue weighted by molar-refractivity contribution is -0.922. The number of amides is 3. The zero-order valence-corrected chi connectivity index (χ0v) is 12.3. The van der Waals surface area contributed by atoms with Crippen molar-refractivity contribution in [2.75, 3.05) is 40.3 Å². The van der Waals surface area contributed by atoms with Crippen molar-refractivity contribution in [3.8, 4) is 0 Å². The highest BCUT2D eigenvalue weighted by molar-refractivity contribution is 5.76. The Morgan fingerprint density at radius 3 is 2.21 bits per heavy atom. The molecule has 2 saturated heterocycles. The molecule has 0 aromatic carbocycles. The molecule has 0 radical (unpaired) electrons. The molecule has 6 heteroatoms. The van der Waals surface area contributed by atoms with Crippen LogP contribution in [0.5, 0.6) is 0 Å². The van der Waals surface area contributed by atoms with E-state index in [1.54, 1.807) is 19.1 Å². The number of rotatable bonds is 2. The largest absolute Gasteiger partial charge is 0.379 e. The molecule has 0 atom stereocenters. The fourth-order valence-electron chi connectivity index (χ4n) is 2.71. The predicted molar refractivity (Wildman–Crippen MR) is 71.6 cm³/mol. The van der Waals surface area contributed by atoms with Crippen LogP contribution < -0.4 is 0 Å². The molecule has 0 saturated carbocycles. The first kappa shape index (κ1) is 14.3. The Balaban J connectivity index is 2.11. The van der Waals surface area contributed by atoms with Crippen LogP contribution in [0.1, 0.15) is 32.6 Å². The highest BCUT2D eigenvalue weighted by atomic mass is 16.2. The van der Waals surface area contributed by atoms with Crippen LogP contribution >= 0.6 is 0 Å². The van der Waals surface area contributed by atoms with Gasteiger partial charge < -0.3 is 0 Å². The molecule has 0 aliphatic carbocycles. The van der Waals surface area contributed by atoms with Crippen LogP contribution in [0.2, 0.25) is 0 Å². The summed E-state index contributed by atoms with van der Waals surface area (Å²) in [4.78, 5) is 24.4. The van der Waals surface area contributed by atoms with Gasteiger partial charge in [0.2, 0.25) is 0 Å². The van der Waals surface area contributed by atoms with Gasteiger partial charge in [0.25, 0.3) is 0 Å². The fourth-order valence-corrected chi connectivity index (χ4v) is 2.71. The van der Waals surface area contributed by atoms with E-state index in [1.807, 2.05) is 5.01 Å². The molecule has 0 aromatic rings. The zero-order valence-electron chi connectivity index (χ0n) is 12.3. The summed E-state index contributed by atoms with van der Waals surface area (Å²) in [6, 6.07) is -0.0339. The van der Waals surface area contributed by atoms with E-state index in [1.165, 1.54) is 13.3 Å². The minimum absolute atomic E-state index is 0.00315. The van der Waals surface area contributed by atoms with Crippen molar-refractivity contribution in [2.24, 2.45) is 0 Å². The van der Waals surface area contributed by atoms with E-state index in [-0.39, 0.29) is 16.5 Å². The number of carbonyl (C=O) groups excluding carboxylic acids is 2. The van der Waals surface area contributed by atoms with Crippen LogP contribution in [0.4, 0.5) is 4.79 Å². The van der Waals surface area contributed by atoms with Gasteiger partial charge in [-0.15, -0.1) is 0 Å². The molecule has 2 heterocycles. The number of nitrogens with zero attached hydrogens (tertiary/aromatic N) is 4. The summed E-state index contributed by atoms with van der Waals surface area (Å²) in [5.41, 5.74) is 0. The van der Waals surface area contributed by atoms with Crippen molar-refractivity contribution in [1.29, 1.82) is 0 Å². The highest BCUT2D eigenvalue weighted by Crippen LogP contribution is 2.20. The smallest absolute Gasteiger partial charge is 0.253 e. The second-order valence-electron chi connectivity index (χ2n) is 5.81. The number of urea groups is 1. The molecule has 2 aliphatic rings. The van der Waals surface area contributed by atoms with Gasteiger partial charge in [-0.1, -0.05) is 6.42 Å². The Labute approximate surface area is 115 Å². The second kappa shape index (κ2) is 5.46. The van der Waals surface area contributed by atoms with E-state index in [4.69, 9.17) is 0 Å². The second-order valence-corrected chi connectivity index (χ2v) is 5.81.